The van der Waals surface area contributed by atoms with Crippen molar-refractivity contribution >= 4 is 169 Å². The minimum absolute atomic E-state index is 0.121. The lowest BCUT2D eigenvalue weighted by atomic mass is 9.84. The average molecular weight is 1610 g/mol. The number of pyridine rings is 1. The highest BCUT2D eigenvalue weighted by molar-refractivity contribution is 9.11. The van der Waals surface area contributed by atoms with Crippen LogP contribution in [0.4, 0.5) is 0 Å². The van der Waals surface area contributed by atoms with Gasteiger partial charge in [0.1, 0.15) is 0 Å². The Morgan fingerprint density at radius 3 is 1.22 bits per heavy atom. The number of amides is 3. The van der Waals surface area contributed by atoms with Gasteiger partial charge in [-0.15, -0.1) is 34.0 Å². The molecule has 0 spiro atoms. The van der Waals surface area contributed by atoms with Gasteiger partial charge in [0.15, 0.2) is 17.1 Å². The standard InChI is InChI=1S/C23H24BrCl2N3OS.C23H18BrCl2N3OS.C22H17BrCl2N4OS/c2*1-13-21(23(30)27-14(2)15-6-4-3-5-7-15)28-29(19-9-8-17(25)11-18(19)26)22(13)20-10-16(24)12-31-20;1-12-20(22(30)27-13(2)17-5-3-4-8-26-17)28-29(18-7-6-15(24)10-16(18)25)21(12)19-9-14(23)11-31-19/h8-12,14-15H,3-7H2,1-2H3,(H,27,30);3-12,14H,1-2H3,(H,27,30);3-11,13H,1-2H3,(H,27,30)/t2*14-;13-/m000/s1. The first kappa shape index (κ1) is 70.2. The largest absolute Gasteiger partial charge is 0.348 e. The van der Waals surface area contributed by atoms with Crippen LogP contribution in [0.5, 0.6) is 0 Å². The number of carbonyl (C=O) groups is 3. The molecule has 3 N–H and O–H groups in total. The van der Waals surface area contributed by atoms with E-state index in [0.717, 1.165) is 73.1 Å². The Kier molecular flexibility index (Phi) is 23.8. The van der Waals surface area contributed by atoms with Gasteiger partial charge in [-0.05, 0) is 199 Å². The number of aromatic nitrogens is 7. The molecule has 0 radical (unpaired) electrons. The van der Waals surface area contributed by atoms with E-state index in [1.54, 1.807) is 103 Å². The molecular weight excluding hydrogens is 1550 g/mol. The summed E-state index contributed by atoms with van der Waals surface area (Å²) in [6, 6.07) is 36.9. The zero-order chi connectivity index (χ0) is 66.4. The van der Waals surface area contributed by atoms with Crippen LogP contribution in [0.1, 0.15) is 124 Å². The van der Waals surface area contributed by atoms with E-state index in [9.17, 15) is 14.4 Å². The zero-order valence-corrected chi connectivity index (χ0v) is 62.4. The first-order valence-corrected chi connectivity index (χ1v) is 36.6. The van der Waals surface area contributed by atoms with Crippen LogP contribution in [-0.2, 0) is 0 Å². The maximum Gasteiger partial charge on any atom is 0.272 e. The third-order valence-electron chi connectivity index (χ3n) is 15.7. The van der Waals surface area contributed by atoms with Gasteiger partial charge in [-0.25, -0.2) is 14.0 Å². The molecule has 1 aliphatic rings. The lowest BCUT2D eigenvalue weighted by molar-refractivity contribution is 0.0909. The van der Waals surface area contributed by atoms with E-state index >= 15 is 0 Å². The van der Waals surface area contributed by atoms with Crippen LogP contribution in [0.25, 0.3) is 48.8 Å². The molecule has 7 heterocycles. The number of hydrogen-bond acceptors (Lipinski definition) is 10. The number of carbonyl (C=O) groups excluding carboxylic acids is 3. The van der Waals surface area contributed by atoms with Crippen molar-refractivity contribution in [1.82, 2.24) is 50.3 Å². The Morgan fingerprint density at radius 1 is 0.484 bits per heavy atom. The Hall–Kier alpha value is -5.65. The fourth-order valence-corrected chi connectivity index (χ4v) is 16.9. The molecule has 3 amide bonds. The van der Waals surface area contributed by atoms with Crippen LogP contribution in [-0.4, -0.2) is 58.1 Å². The summed E-state index contributed by atoms with van der Waals surface area (Å²) < 4.78 is 8.08. The monoisotopic (exact) mass is 1610 g/mol. The minimum atomic E-state index is -0.281. The van der Waals surface area contributed by atoms with Gasteiger partial charge in [-0.3, -0.25) is 19.4 Å². The molecule has 3 atom stereocenters. The summed E-state index contributed by atoms with van der Waals surface area (Å²) in [4.78, 5) is 46.8. The lowest BCUT2D eigenvalue weighted by Gasteiger charge is -2.28. The first-order valence-electron chi connectivity index (χ1n) is 29.3. The molecule has 11 aromatic rings. The van der Waals surface area contributed by atoms with Crippen molar-refractivity contribution in [2.24, 2.45) is 5.92 Å². The summed E-state index contributed by atoms with van der Waals surface area (Å²) in [6.07, 6.45) is 7.82. The Morgan fingerprint density at radius 2 is 0.860 bits per heavy atom. The van der Waals surface area contributed by atoms with Crippen LogP contribution in [0.15, 0.2) is 157 Å². The Bertz CT molecular complexity index is 4310. The summed E-state index contributed by atoms with van der Waals surface area (Å²) in [6.45, 7) is 11.7. The van der Waals surface area contributed by atoms with Gasteiger partial charge in [0.25, 0.3) is 17.7 Å². The molecule has 1 fully saturated rings. The fourth-order valence-electron chi connectivity index (χ4n) is 10.9. The number of rotatable bonds is 15. The van der Waals surface area contributed by atoms with Gasteiger partial charge in [0, 0.05) is 73.6 Å². The van der Waals surface area contributed by atoms with E-state index in [4.69, 9.17) is 74.7 Å². The summed E-state index contributed by atoms with van der Waals surface area (Å²) in [5.41, 5.74) is 9.73. The maximum absolute atomic E-state index is 13.2. The second-order valence-corrected chi connectivity index (χ2v) is 30.1. The summed E-state index contributed by atoms with van der Waals surface area (Å²) in [5, 5.41) is 32.3. The molecule has 480 valence electrons. The van der Waals surface area contributed by atoms with Crippen LogP contribution >= 0.6 is 151 Å². The van der Waals surface area contributed by atoms with Gasteiger partial charge >= 0.3 is 0 Å². The Balaban J connectivity index is 0.000000153. The molecular formula is C68H59Br3Cl6N10O3S3. The van der Waals surface area contributed by atoms with Crippen molar-refractivity contribution in [2.75, 3.05) is 0 Å². The number of benzene rings is 4. The van der Waals surface area contributed by atoms with Crippen molar-refractivity contribution in [1.29, 1.82) is 0 Å². The van der Waals surface area contributed by atoms with E-state index < -0.39 is 0 Å². The van der Waals surface area contributed by atoms with Gasteiger partial charge in [-0.2, -0.15) is 15.3 Å². The molecule has 1 saturated carbocycles. The number of nitrogens with zero attached hydrogens (tertiary/aromatic N) is 7. The minimum Gasteiger partial charge on any atom is -0.348 e. The van der Waals surface area contributed by atoms with E-state index in [1.165, 1.54) is 32.1 Å². The highest BCUT2D eigenvalue weighted by atomic mass is 79.9. The molecule has 0 saturated heterocycles. The smallest absolute Gasteiger partial charge is 0.272 e. The highest BCUT2D eigenvalue weighted by Crippen LogP contribution is 2.41. The average Bonchev–Trinajstić information content (AvgIpc) is 1.65. The van der Waals surface area contributed by atoms with Gasteiger partial charge < -0.3 is 16.0 Å². The third kappa shape index (κ3) is 16.6. The second kappa shape index (κ2) is 31.5. The Labute approximate surface area is 606 Å². The first-order chi connectivity index (χ1) is 44.5. The van der Waals surface area contributed by atoms with Crippen molar-refractivity contribution in [3.63, 3.8) is 0 Å². The SMILES string of the molecule is Cc1c(C(=O)N[C@@H](C)C2CCCCC2)nn(-c2ccc(Cl)cc2Cl)c1-c1cc(Br)cs1.Cc1c(C(=O)N[C@@H](C)c2ccccc2)nn(-c2ccc(Cl)cc2Cl)c1-c1cc(Br)cs1.Cc1c(C(=O)N[C@@H](C)c2ccccn2)nn(-c2ccc(Cl)cc2Cl)c1-c1cc(Br)cs1. The normalized spacial score (nSPS) is 13.3. The molecule has 0 bridgehead atoms. The fraction of sp³-hybridized carbons (Fsp3) is 0.221. The molecule has 1 aliphatic carbocycles. The second-order valence-electron chi connectivity index (χ2n) is 22.1. The van der Waals surface area contributed by atoms with E-state index in [-0.39, 0.29) is 35.8 Å². The van der Waals surface area contributed by atoms with Gasteiger partial charge in [-0.1, -0.05) is 125 Å². The van der Waals surface area contributed by atoms with Crippen molar-refractivity contribution in [3.8, 4) is 48.8 Å². The van der Waals surface area contributed by atoms with Crippen LogP contribution < -0.4 is 16.0 Å². The van der Waals surface area contributed by atoms with Crippen LogP contribution in [0.3, 0.4) is 0 Å². The lowest BCUT2D eigenvalue weighted by Crippen LogP contribution is -2.39. The van der Waals surface area contributed by atoms with Crippen molar-refractivity contribution < 1.29 is 14.4 Å². The van der Waals surface area contributed by atoms with Crippen LogP contribution in [0.2, 0.25) is 30.1 Å². The predicted octanol–water partition coefficient (Wildman–Crippen LogP) is 22.0. The molecule has 4 aromatic carbocycles. The van der Waals surface area contributed by atoms with E-state index in [0.29, 0.717) is 70.2 Å². The van der Waals surface area contributed by atoms with Crippen LogP contribution in [0, 0.1) is 26.7 Å². The molecule has 12 rings (SSSR count). The summed E-state index contributed by atoms with van der Waals surface area (Å²) in [5.74, 6) is -0.138. The quantitative estimate of drug-likeness (QED) is 0.0923. The number of nitrogens with one attached hydrogen (secondary N) is 3. The van der Waals surface area contributed by atoms with Gasteiger partial charge in [0.2, 0.25) is 0 Å². The molecule has 93 heavy (non-hydrogen) atoms. The van der Waals surface area contributed by atoms with Crippen molar-refractivity contribution in [3.05, 3.63) is 232 Å². The molecule has 0 aliphatic heterocycles. The topological polar surface area (TPSA) is 154 Å². The number of halogens is 9. The number of thiophene rings is 3. The maximum atomic E-state index is 13.2. The van der Waals surface area contributed by atoms with Gasteiger partial charge in [0.05, 0.1) is 81.6 Å². The third-order valence-corrected chi connectivity index (χ3v) is 22.4. The van der Waals surface area contributed by atoms with Crippen molar-refractivity contribution in [2.45, 2.75) is 91.8 Å². The molecule has 0 unspecified atom stereocenters. The highest BCUT2D eigenvalue weighted by Gasteiger charge is 2.30. The summed E-state index contributed by atoms with van der Waals surface area (Å²) in [7, 11) is 0. The van der Waals surface area contributed by atoms with E-state index in [1.807, 2.05) is 124 Å². The predicted molar refractivity (Wildman–Crippen MR) is 394 cm³/mol. The molecule has 13 nitrogen and oxygen atoms in total. The van der Waals surface area contributed by atoms with E-state index in [2.05, 4.69) is 85.8 Å². The zero-order valence-electron chi connectivity index (χ0n) is 50.7. The molecule has 25 heteroatoms. The summed E-state index contributed by atoms with van der Waals surface area (Å²) >= 11 is 53.0. The molecule has 7 aromatic heterocycles. The number of hydrogen-bond donors (Lipinski definition) is 3.